The molecule has 1 atom stereocenters. The lowest BCUT2D eigenvalue weighted by atomic mass is 9.89. The Bertz CT molecular complexity index is 480. The number of aromatic nitrogens is 3. The molecule has 1 fully saturated rings. The van der Waals surface area contributed by atoms with Gasteiger partial charge in [0.05, 0.1) is 0 Å². The molecule has 0 aromatic carbocycles. The topological polar surface area (TPSA) is 92.6 Å². The van der Waals surface area contributed by atoms with Crippen molar-refractivity contribution in [2.75, 3.05) is 37.9 Å². The minimum Gasteiger partial charge on any atom is -0.374 e. The first-order valence-corrected chi connectivity index (χ1v) is 8.08. The molecule has 1 heterocycles. The molecule has 0 bridgehead atoms. The largest absolute Gasteiger partial charge is 0.374 e. The Kier molecular flexibility index (Phi) is 6.94. The van der Waals surface area contributed by atoms with Crippen LogP contribution in [0, 0.1) is 0 Å². The lowest BCUT2D eigenvalue weighted by molar-refractivity contribution is 0.122. The molecular formula is C15H27N5O3. The number of hydrogen-bond acceptors (Lipinski definition) is 8. The van der Waals surface area contributed by atoms with E-state index in [4.69, 9.17) is 9.47 Å². The summed E-state index contributed by atoms with van der Waals surface area (Å²) in [5, 5.41) is 13.0. The maximum atomic E-state index is 9.97. The Morgan fingerprint density at radius 3 is 2.52 bits per heavy atom. The smallest absolute Gasteiger partial charge is 0.234 e. The molecule has 0 saturated heterocycles. The molecule has 1 aromatic rings. The monoisotopic (exact) mass is 325 g/mol. The summed E-state index contributed by atoms with van der Waals surface area (Å²) < 4.78 is 10.2. The van der Waals surface area contributed by atoms with Crippen molar-refractivity contribution in [1.29, 1.82) is 0 Å². The second-order valence-corrected chi connectivity index (χ2v) is 5.78. The van der Waals surface area contributed by atoms with Crippen LogP contribution in [0.2, 0.25) is 0 Å². The van der Waals surface area contributed by atoms with Gasteiger partial charge in [-0.15, -0.1) is 0 Å². The van der Waals surface area contributed by atoms with Crippen LogP contribution in [0.1, 0.15) is 50.8 Å². The van der Waals surface area contributed by atoms with Crippen molar-refractivity contribution >= 4 is 11.9 Å². The van der Waals surface area contributed by atoms with Crippen LogP contribution in [-0.2, 0) is 9.47 Å². The Hall–Kier alpha value is -1.51. The molecule has 2 N–H and O–H groups in total. The van der Waals surface area contributed by atoms with E-state index in [1.54, 1.807) is 26.0 Å². The van der Waals surface area contributed by atoms with Crippen LogP contribution in [-0.4, -0.2) is 54.0 Å². The third-order valence-electron chi connectivity index (χ3n) is 3.96. The molecule has 1 aliphatic rings. The van der Waals surface area contributed by atoms with E-state index in [0.717, 1.165) is 18.7 Å². The van der Waals surface area contributed by atoms with E-state index in [2.05, 4.69) is 20.3 Å². The highest BCUT2D eigenvalue weighted by Gasteiger charge is 2.23. The highest BCUT2D eigenvalue weighted by Crippen LogP contribution is 2.31. The first-order chi connectivity index (χ1) is 11.2. The van der Waals surface area contributed by atoms with Crippen LogP contribution in [0.4, 0.5) is 11.9 Å². The normalized spacial score (nSPS) is 17.0. The summed E-state index contributed by atoms with van der Waals surface area (Å²) in [4.78, 5) is 15.1. The van der Waals surface area contributed by atoms with Crippen LogP contribution in [0.25, 0.3) is 0 Å². The van der Waals surface area contributed by atoms with E-state index in [1.807, 2.05) is 0 Å². The van der Waals surface area contributed by atoms with Gasteiger partial charge in [-0.25, -0.2) is 0 Å². The van der Waals surface area contributed by atoms with Crippen molar-refractivity contribution in [1.82, 2.24) is 15.0 Å². The second kappa shape index (κ2) is 8.95. The molecule has 2 rings (SSSR count). The van der Waals surface area contributed by atoms with Gasteiger partial charge in [0, 0.05) is 20.1 Å². The number of aliphatic hydroxyl groups excluding tert-OH is 1. The average molecular weight is 325 g/mol. The standard InChI is InChI=1S/C15H27N5O3/c1-11(21)20(10-23-3)15-18-13(12-7-5-4-6-8-12)17-14(19-15)16-9-22-2/h11-12,21H,4-10H2,1-3H3,(H,16,17,18,19). The maximum Gasteiger partial charge on any atom is 0.234 e. The fourth-order valence-electron chi connectivity index (χ4n) is 2.74. The summed E-state index contributed by atoms with van der Waals surface area (Å²) in [6, 6.07) is 0. The van der Waals surface area contributed by atoms with E-state index < -0.39 is 6.23 Å². The summed E-state index contributed by atoms with van der Waals surface area (Å²) >= 11 is 0. The molecule has 0 radical (unpaired) electrons. The highest BCUT2D eigenvalue weighted by atomic mass is 16.5. The molecule has 130 valence electrons. The van der Waals surface area contributed by atoms with Gasteiger partial charge in [-0.1, -0.05) is 19.3 Å². The van der Waals surface area contributed by atoms with Crippen LogP contribution in [0.3, 0.4) is 0 Å². The number of nitrogens with zero attached hydrogens (tertiary/aromatic N) is 4. The minimum absolute atomic E-state index is 0.204. The summed E-state index contributed by atoms with van der Waals surface area (Å²) in [5.41, 5.74) is 0. The maximum absolute atomic E-state index is 9.97. The minimum atomic E-state index is -0.758. The number of hydrogen-bond donors (Lipinski definition) is 2. The van der Waals surface area contributed by atoms with E-state index in [0.29, 0.717) is 24.5 Å². The summed E-state index contributed by atoms with van der Waals surface area (Å²) in [6.45, 7) is 2.17. The number of methoxy groups -OCH3 is 2. The van der Waals surface area contributed by atoms with Gasteiger partial charge in [0.15, 0.2) is 0 Å². The van der Waals surface area contributed by atoms with E-state index >= 15 is 0 Å². The zero-order valence-corrected chi connectivity index (χ0v) is 14.2. The zero-order chi connectivity index (χ0) is 16.7. The third-order valence-corrected chi connectivity index (χ3v) is 3.96. The van der Waals surface area contributed by atoms with Crippen molar-refractivity contribution < 1.29 is 14.6 Å². The number of aliphatic hydroxyl groups is 1. The molecule has 1 aromatic heterocycles. The summed E-state index contributed by atoms with van der Waals surface area (Å²) in [7, 11) is 3.17. The predicted molar refractivity (Wildman–Crippen MR) is 87.2 cm³/mol. The van der Waals surface area contributed by atoms with Gasteiger partial charge in [-0.05, 0) is 19.8 Å². The van der Waals surface area contributed by atoms with Gasteiger partial charge in [-0.2, -0.15) is 15.0 Å². The number of ether oxygens (including phenoxy) is 2. The van der Waals surface area contributed by atoms with Crippen LogP contribution in [0.5, 0.6) is 0 Å². The zero-order valence-electron chi connectivity index (χ0n) is 14.2. The fourth-order valence-corrected chi connectivity index (χ4v) is 2.74. The van der Waals surface area contributed by atoms with Gasteiger partial charge >= 0.3 is 0 Å². The number of anilines is 2. The van der Waals surface area contributed by atoms with Gasteiger partial charge < -0.3 is 19.9 Å². The second-order valence-electron chi connectivity index (χ2n) is 5.78. The van der Waals surface area contributed by atoms with Gasteiger partial charge in [0.25, 0.3) is 0 Å². The third kappa shape index (κ3) is 4.98. The van der Waals surface area contributed by atoms with Crippen molar-refractivity contribution in [3.63, 3.8) is 0 Å². The van der Waals surface area contributed by atoms with Crippen molar-refractivity contribution in [3.05, 3.63) is 5.82 Å². The average Bonchev–Trinajstić information content (AvgIpc) is 2.58. The number of nitrogens with one attached hydrogen (secondary N) is 1. The van der Waals surface area contributed by atoms with Gasteiger partial charge in [0.2, 0.25) is 11.9 Å². The first-order valence-electron chi connectivity index (χ1n) is 8.08. The molecule has 1 aliphatic carbocycles. The van der Waals surface area contributed by atoms with Crippen LogP contribution < -0.4 is 10.2 Å². The van der Waals surface area contributed by atoms with Crippen molar-refractivity contribution in [2.45, 2.75) is 51.2 Å². The molecule has 0 amide bonds. The fraction of sp³-hybridized carbons (Fsp3) is 0.800. The SMILES string of the molecule is COCNc1nc(C2CCCCC2)nc(N(COC)C(C)O)n1. The molecule has 1 unspecified atom stereocenters. The molecule has 0 aliphatic heterocycles. The van der Waals surface area contributed by atoms with Gasteiger partial charge in [0.1, 0.15) is 25.5 Å². The van der Waals surface area contributed by atoms with Gasteiger partial charge in [-0.3, -0.25) is 4.90 Å². The summed E-state index contributed by atoms with van der Waals surface area (Å²) in [5.74, 6) is 1.98. The number of rotatable bonds is 8. The van der Waals surface area contributed by atoms with E-state index in [1.165, 1.54) is 19.3 Å². The molecule has 23 heavy (non-hydrogen) atoms. The van der Waals surface area contributed by atoms with Crippen LogP contribution in [0.15, 0.2) is 0 Å². The Morgan fingerprint density at radius 2 is 1.91 bits per heavy atom. The lowest BCUT2D eigenvalue weighted by Crippen LogP contribution is -2.36. The molecule has 8 heteroatoms. The Labute approximate surface area is 137 Å². The quantitative estimate of drug-likeness (QED) is 0.698. The van der Waals surface area contributed by atoms with Crippen molar-refractivity contribution in [3.8, 4) is 0 Å². The van der Waals surface area contributed by atoms with E-state index in [9.17, 15) is 5.11 Å². The molecule has 8 nitrogen and oxygen atoms in total. The highest BCUT2D eigenvalue weighted by molar-refractivity contribution is 5.37. The summed E-state index contributed by atoms with van der Waals surface area (Å²) in [6.07, 6.45) is 5.09. The molecule has 0 spiro atoms. The van der Waals surface area contributed by atoms with E-state index in [-0.39, 0.29) is 6.73 Å². The van der Waals surface area contributed by atoms with Crippen LogP contribution >= 0.6 is 0 Å². The molecular weight excluding hydrogens is 298 g/mol. The Morgan fingerprint density at radius 1 is 1.17 bits per heavy atom. The lowest BCUT2D eigenvalue weighted by Gasteiger charge is -2.26. The first kappa shape index (κ1) is 17.8. The van der Waals surface area contributed by atoms with Crippen molar-refractivity contribution in [2.24, 2.45) is 0 Å². The predicted octanol–water partition coefficient (Wildman–Crippen LogP) is 1.68. The Balaban J connectivity index is 2.30. The molecule has 1 saturated carbocycles.